The smallest absolute Gasteiger partial charge is 0.253 e. The van der Waals surface area contributed by atoms with E-state index in [2.05, 4.69) is 30.6 Å². The lowest BCUT2D eigenvalue weighted by Gasteiger charge is -2.06. The highest BCUT2D eigenvalue weighted by Gasteiger charge is 2.08. The summed E-state index contributed by atoms with van der Waals surface area (Å²) in [7, 11) is 0. The van der Waals surface area contributed by atoms with Gasteiger partial charge in [0.15, 0.2) is 5.82 Å². The summed E-state index contributed by atoms with van der Waals surface area (Å²) in [6, 6.07) is 7.59. The predicted molar refractivity (Wildman–Crippen MR) is 88.8 cm³/mol. The summed E-state index contributed by atoms with van der Waals surface area (Å²) in [5, 5.41) is 8.59. The third-order valence-corrected chi connectivity index (χ3v) is 3.12. The van der Waals surface area contributed by atoms with Crippen molar-refractivity contribution >= 4 is 12.0 Å². The minimum Gasteiger partial charge on any atom is -0.264 e. The van der Waals surface area contributed by atoms with E-state index >= 15 is 0 Å². The first-order valence-electron chi connectivity index (χ1n) is 7.20. The highest BCUT2D eigenvalue weighted by Crippen LogP contribution is 2.12. The molecule has 0 unspecified atom stereocenters. The van der Waals surface area contributed by atoms with Crippen LogP contribution in [0.1, 0.15) is 22.6 Å². The molecular formula is C16H17N7. The zero-order chi connectivity index (χ0) is 16.2. The molecule has 23 heavy (non-hydrogen) atoms. The fourth-order valence-corrected chi connectivity index (χ4v) is 2.16. The van der Waals surface area contributed by atoms with Gasteiger partial charge in [0.1, 0.15) is 0 Å². The first kappa shape index (κ1) is 14.8. The van der Waals surface area contributed by atoms with Crippen LogP contribution in [-0.2, 0) is 0 Å². The Labute approximate surface area is 134 Å². The normalized spacial score (nSPS) is 11.1. The van der Waals surface area contributed by atoms with Crippen molar-refractivity contribution in [1.29, 1.82) is 0 Å². The molecule has 0 saturated heterocycles. The molecule has 0 aromatic carbocycles. The summed E-state index contributed by atoms with van der Waals surface area (Å²) < 4.78 is 1.72. The van der Waals surface area contributed by atoms with Crippen molar-refractivity contribution in [3.05, 3.63) is 59.3 Å². The molecule has 0 spiro atoms. The summed E-state index contributed by atoms with van der Waals surface area (Å²) in [5.41, 5.74) is 6.57. The van der Waals surface area contributed by atoms with Gasteiger partial charge in [0, 0.05) is 35.4 Å². The van der Waals surface area contributed by atoms with Gasteiger partial charge in [-0.3, -0.25) is 10.4 Å². The molecule has 3 rings (SSSR count). The summed E-state index contributed by atoms with van der Waals surface area (Å²) in [5.74, 6) is 1.13. The number of hydrogen-bond donors (Lipinski definition) is 1. The fourth-order valence-electron chi connectivity index (χ4n) is 2.16. The minimum absolute atomic E-state index is 0.523. The lowest BCUT2D eigenvalue weighted by Crippen LogP contribution is -2.08. The van der Waals surface area contributed by atoms with Crippen LogP contribution in [0.3, 0.4) is 0 Å². The van der Waals surface area contributed by atoms with Crippen LogP contribution < -0.4 is 5.43 Å². The molecule has 0 aliphatic heterocycles. The van der Waals surface area contributed by atoms with Crippen molar-refractivity contribution in [2.24, 2.45) is 5.10 Å². The third kappa shape index (κ3) is 3.57. The molecular weight excluding hydrogens is 290 g/mol. The van der Waals surface area contributed by atoms with Crippen LogP contribution in [0.2, 0.25) is 0 Å². The van der Waals surface area contributed by atoms with E-state index in [1.54, 1.807) is 23.3 Å². The third-order valence-electron chi connectivity index (χ3n) is 3.12. The van der Waals surface area contributed by atoms with Crippen LogP contribution in [0.4, 0.5) is 5.82 Å². The average molecular weight is 307 g/mol. The lowest BCUT2D eigenvalue weighted by molar-refractivity contribution is 0.769. The monoisotopic (exact) mass is 307 g/mol. The van der Waals surface area contributed by atoms with E-state index in [-0.39, 0.29) is 0 Å². The molecule has 3 heterocycles. The van der Waals surface area contributed by atoms with Crippen LogP contribution in [0.25, 0.3) is 5.95 Å². The van der Waals surface area contributed by atoms with Gasteiger partial charge in [0.2, 0.25) is 0 Å². The molecule has 0 atom stereocenters. The van der Waals surface area contributed by atoms with E-state index in [9.17, 15) is 0 Å². The molecule has 7 nitrogen and oxygen atoms in total. The van der Waals surface area contributed by atoms with E-state index in [1.165, 1.54) is 0 Å². The number of pyridine rings is 1. The summed E-state index contributed by atoms with van der Waals surface area (Å²) in [4.78, 5) is 12.9. The average Bonchev–Trinajstić information content (AvgIpc) is 2.86. The van der Waals surface area contributed by atoms with Crippen LogP contribution >= 0.6 is 0 Å². The molecule has 116 valence electrons. The van der Waals surface area contributed by atoms with Crippen LogP contribution in [0.15, 0.2) is 41.8 Å². The Hall–Kier alpha value is -3.09. The molecule has 1 N–H and O–H groups in total. The van der Waals surface area contributed by atoms with Crippen molar-refractivity contribution in [3.63, 3.8) is 0 Å². The molecule has 0 amide bonds. The Kier molecular flexibility index (Phi) is 4.09. The van der Waals surface area contributed by atoms with Gasteiger partial charge in [-0.15, -0.1) is 0 Å². The van der Waals surface area contributed by atoms with E-state index < -0.39 is 0 Å². The van der Waals surface area contributed by atoms with Crippen LogP contribution in [0.5, 0.6) is 0 Å². The number of nitrogens with zero attached hydrogens (tertiary/aromatic N) is 6. The first-order valence-corrected chi connectivity index (χ1v) is 7.20. The largest absolute Gasteiger partial charge is 0.264 e. The molecule has 3 aromatic heterocycles. The standard InChI is InChI=1S/C16H17N7/c1-11-8-15(21-18-10-14-5-4-6-17-9-14)20-16(19-11)23-13(3)7-12(2)22-23/h4-10H,1-3H3,(H,19,20,21)/b18-10-. The number of anilines is 1. The van der Waals surface area contributed by atoms with Gasteiger partial charge in [0.05, 0.1) is 11.9 Å². The van der Waals surface area contributed by atoms with Crippen LogP contribution in [-0.4, -0.2) is 30.9 Å². The highest BCUT2D eigenvalue weighted by molar-refractivity contribution is 5.79. The topological polar surface area (TPSA) is 80.9 Å². The SMILES string of the molecule is Cc1cc(N/N=C\c2cccnc2)nc(-n2nc(C)cc2C)n1. The van der Waals surface area contributed by atoms with E-state index in [0.717, 1.165) is 22.6 Å². The van der Waals surface area contributed by atoms with Crippen LogP contribution in [0, 0.1) is 20.8 Å². The fraction of sp³-hybridized carbons (Fsp3) is 0.188. The van der Waals surface area contributed by atoms with E-state index in [4.69, 9.17) is 0 Å². The van der Waals surface area contributed by atoms with Crippen molar-refractivity contribution in [3.8, 4) is 5.95 Å². The molecule has 0 aliphatic rings. The van der Waals surface area contributed by atoms with Crippen molar-refractivity contribution in [1.82, 2.24) is 24.7 Å². The van der Waals surface area contributed by atoms with Gasteiger partial charge in [-0.1, -0.05) is 6.07 Å². The number of aryl methyl sites for hydroxylation is 3. The first-order chi connectivity index (χ1) is 11.1. The maximum Gasteiger partial charge on any atom is 0.253 e. The van der Waals surface area contributed by atoms with Gasteiger partial charge in [-0.25, -0.2) is 9.67 Å². The van der Waals surface area contributed by atoms with Crippen molar-refractivity contribution in [2.45, 2.75) is 20.8 Å². The van der Waals surface area contributed by atoms with Gasteiger partial charge in [-0.2, -0.15) is 15.2 Å². The Bertz CT molecular complexity index is 837. The Morgan fingerprint density at radius 3 is 2.70 bits per heavy atom. The number of nitrogens with one attached hydrogen (secondary N) is 1. The zero-order valence-corrected chi connectivity index (χ0v) is 13.2. The second-order valence-electron chi connectivity index (χ2n) is 5.19. The highest BCUT2D eigenvalue weighted by atomic mass is 15.4. The lowest BCUT2D eigenvalue weighted by atomic mass is 10.3. The molecule has 0 fully saturated rings. The Morgan fingerprint density at radius 1 is 1.13 bits per heavy atom. The molecule has 0 saturated carbocycles. The molecule has 7 heteroatoms. The Morgan fingerprint density at radius 2 is 2.00 bits per heavy atom. The quantitative estimate of drug-likeness (QED) is 0.591. The number of rotatable bonds is 4. The number of hydrogen-bond acceptors (Lipinski definition) is 6. The Balaban J connectivity index is 1.83. The summed E-state index contributed by atoms with van der Waals surface area (Å²) >= 11 is 0. The summed E-state index contributed by atoms with van der Waals surface area (Å²) in [6.45, 7) is 5.82. The molecule has 3 aromatic rings. The second kappa shape index (κ2) is 6.35. The number of hydrazone groups is 1. The second-order valence-corrected chi connectivity index (χ2v) is 5.19. The van der Waals surface area contributed by atoms with Crippen molar-refractivity contribution in [2.75, 3.05) is 5.43 Å². The van der Waals surface area contributed by atoms with E-state index in [0.29, 0.717) is 11.8 Å². The molecule has 0 bridgehead atoms. The van der Waals surface area contributed by atoms with E-state index in [1.807, 2.05) is 45.0 Å². The molecule has 0 radical (unpaired) electrons. The maximum atomic E-state index is 4.46. The summed E-state index contributed by atoms with van der Waals surface area (Å²) in [6.07, 6.45) is 5.14. The predicted octanol–water partition coefficient (Wildman–Crippen LogP) is 2.43. The van der Waals surface area contributed by atoms with Gasteiger partial charge in [0.25, 0.3) is 5.95 Å². The van der Waals surface area contributed by atoms with Gasteiger partial charge >= 0.3 is 0 Å². The van der Waals surface area contributed by atoms with Gasteiger partial charge < -0.3 is 0 Å². The zero-order valence-electron chi connectivity index (χ0n) is 13.2. The minimum atomic E-state index is 0.523. The number of aromatic nitrogens is 5. The maximum absolute atomic E-state index is 4.46. The van der Waals surface area contributed by atoms with Crippen molar-refractivity contribution < 1.29 is 0 Å². The van der Waals surface area contributed by atoms with Gasteiger partial charge in [-0.05, 0) is 32.9 Å². The molecule has 0 aliphatic carbocycles.